The molecule has 24 heavy (non-hydrogen) atoms. The van der Waals surface area contributed by atoms with Crippen LogP contribution in [0.3, 0.4) is 0 Å². The Hall–Kier alpha value is -2.49. The second-order valence-corrected chi connectivity index (χ2v) is 6.32. The van der Waals surface area contributed by atoms with Gasteiger partial charge in [0.2, 0.25) is 9.97 Å². The highest BCUT2D eigenvalue weighted by Crippen LogP contribution is 2.29. The van der Waals surface area contributed by atoms with Crippen LogP contribution < -0.4 is 0 Å². The Morgan fingerprint density at radius 2 is 1.92 bits per heavy atom. The molecule has 0 saturated carbocycles. The van der Waals surface area contributed by atoms with Crippen molar-refractivity contribution in [3.8, 4) is 0 Å². The van der Waals surface area contributed by atoms with Gasteiger partial charge in [-0.25, -0.2) is 0 Å². The van der Waals surface area contributed by atoms with Crippen LogP contribution in [0.2, 0.25) is 0 Å². The van der Waals surface area contributed by atoms with Crippen molar-refractivity contribution in [1.29, 1.82) is 0 Å². The van der Waals surface area contributed by atoms with Gasteiger partial charge >= 0.3 is 6.18 Å². The van der Waals surface area contributed by atoms with Gasteiger partial charge in [-0.05, 0) is 17.5 Å². The normalized spacial score (nSPS) is 14.9. The lowest BCUT2D eigenvalue weighted by atomic mass is 10.00. The average Bonchev–Trinajstić information content (AvgIpc) is 3.13. The van der Waals surface area contributed by atoms with Gasteiger partial charge in [0.1, 0.15) is 0 Å². The highest BCUT2D eigenvalue weighted by atomic mass is 32.1. The second-order valence-electron chi connectivity index (χ2n) is 5.37. The van der Waals surface area contributed by atoms with Gasteiger partial charge in [-0.15, -0.1) is 15.3 Å². The first-order chi connectivity index (χ1) is 11.4. The Bertz CT molecular complexity index is 932. The zero-order chi connectivity index (χ0) is 16.9. The molecule has 3 heterocycles. The van der Waals surface area contributed by atoms with Crippen LogP contribution in [0, 0.1) is 0 Å². The van der Waals surface area contributed by atoms with Crippen LogP contribution in [0.5, 0.6) is 0 Å². The molecule has 4 rings (SSSR count). The fourth-order valence-corrected chi connectivity index (χ4v) is 3.49. The molecule has 6 nitrogen and oxygen atoms in total. The molecule has 0 saturated heterocycles. The summed E-state index contributed by atoms with van der Waals surface area (Å²) in [5.41, 5.74) is 2.22. The van der Waals surface area contributed by atoms with Gasteiger partial charge in [0.15, 0.2) is 0 Å². The molecule has 0 bridgehead atoms. The number of hydrogen-bond acceptors (Lipinski definition) is 5. The fourth-order valence-electron chi connectivity index (χ4n) is 2.68. The van der Waals surface area contributed by atoms with Gasteiger partial charge in [-0.2, -0.15) is 17.7 Å². The number of carbonyl (C=O) groups excluding carboxylic acids is 1. The Morgan fingerprint density at radius 3 is 2.67 bits per heavy atom. The number of benzene rings is 1. The van der Waals surface area contributed by atoms with Crippen molar-refractivity contribution >= 4 is 22.2 Å². The topological polar surface area (TPSA) is 63.4 Å². The minimum atomic E-state index is -4.67. The maximum atomic E-state index is 12.8. The van der Waals surface area contributed by atoms with E-state index in [9.17, 15) is 18.0 Å². The number of aromatic nitrogens is 4. The Balaban J connectivity index is 1.64. The first-order valence-electron chi connectivity index (χ1n) is 7.09. The minimum absolute atomic E-state index is 0.0234. The number of fused-ring (bicyclic) bond motifs is 2. The molecule has 3 aromatic rings. The monoisotopic (exact) mass is 353 g/mol. The van der Waals surface area contributed by atoms with Crippen molar-refractivity contribution in [3.05, 3.63) is 46.2 Å². The van der Waals surface area contributed by atoms with Crippen LogP contribution in [-0.4, -0.2) is 37.2 Å². The fraction of sp³-hybridized carbons (Fsp3) is 0.286. The van der Waals surface area contributed by atoms with Crippen LogP contribution in [0.4, 0.5) is 13.2 Å². The maximum absolute atomic E-state index is 12.8. The van der Waals surface area contributed by atoms with E-state index in [0.29, 0.717) is 24.0 Å². The van der Waals surface area contributed by atoms with Crippen molar-refractivity contribution in [1.82, 2.24) is 24.7 Å². The summed E-state index contributed by atoms with van der Waals surface area (Å²) in [6, 6.07) is 7.79. The molecule has 2 aromatic heterocycles. The highest BCUT2D eigenvalue weighted by Gasteiger charge is 2.39. The molecule has 0 aliphatic carbocycles. The van der Waals surface area contributed by atoms with Crippen molar-refractivity contribution in [3.63, 3.8) is 0 Å². The molecule has 124 valence electrons. The zero-order valence-corrected chi connectivity index (χ0v) is 12.9. The van der Waals surface area contributed by atoms with Gasteiger partial charge in [0.05, 0.1) is 0 Å². The van der Waals surface area contributed by atoms with Crippen LogP contribution >= 0.6 is 11.3 Å². The summed E-state index contributed by atoms with van der Waals surface area (Å²) in [5.74, 6) is -1.62. The zero-order valence-electron chi connectivity index (χ0n) is 12.1. The van der Waals surface area contributed by atoms with E-state index in [1.807, 2.05) is 24.3 Å². The van der Waals surface area contributed by atoms with Crippen molar-refractivity contribution in [2.24, 2.45) is 0 Å². The quantitative estimate of drug-likeness (QED) is 0.674. The van der Waals surface area contributed by atoms with Crippen LogP contribution in [-0.2, 0) is 19.1 Å². The number of amides is 1. The summed E-state index contributed by atoms with van der Waals surface area (Å²) in [4.78, 5) is 14.1. The molecule has 1 aliphatic heterocycles. The van der Waals surface area contributed by atoms with Crippen molar-refractivity contribution in [2.75, 3.05) is 6.54 Å². The number of hydrogen-bond donors (Lipinski definition) is 0. The molecular weight excluding hydrogens is 343 g/mol. The van der Waals surface area contributed by atoms with E-state index >= 15 is 0 Å². The molecule has 0 unspecified atom stereocenters. The lowest BCUT2D eigenvalue weighted by Gasteiger charge is -2.27. The van der Waals surface area contributed by atoms with E-state index < -0.39 is 17.9 Å². The maximum Gasteiger partial charge on any atom is 0.453 e. The predicted molar refractivity (Wildman–Crippen MR) is 78.5 cm³/mol. The van der Waals surface area contributed by atoms with E-state index in [1.54, 1.807) is 4.90 Å². The summed E-state index contributed by atoms with van der Waals surface area (Å²) in [6.45, 7) is 0.920. The molecule has 1 aliphatic rings. The van der Waals surface area contributed by atoms with E-state index in [0.717, 1.165) is 16.9 Å². The number of carbonyl (C=O) groups is 1. The summed E-state index contributed by atoms with van der Waals surface area (Å²) >= 11 is 0.804. The third-order valence-electron chi connectivity index (χ3n) is 3.85. The lowest BCUT2D eigenvalue weighted by molar-refractivity contribution is -0.146. The van der Waals surface area contributed by atoms with Gasteiger partial charge in [-0.3, -0.25) is 4.79 Å². The van der Waals surface area contributed by atoms with Gasteiger partial charge in [0, 0.05) is 13.1 Å². The summed E-state index contributed by atoms with van der Waals surface area (Å²) in [5, 5.41) is 10.3. The highest BCUT2D eigenvalue weighted by molar-refractivity contribution is 7.18. The van der Waals surface area contributed by atoms with Gasteiger partial charge < -0.3 is 4.90 Å². The molecule has 0 fully saturated rings. The van der Waals surface area contributed by atoms with E-state index in [-0.39, 0.29) is 9.97 Å². The molecule has 0 radical (unpaired) electrons. The number of halogens is 3. The predicted octanol–water partition coefficient (Wildman–Crippen LogP) is 2.40. The largest absolute Gasteiger partial charge is 0.453 e. The van der Waals surface area contributed by atoms with Crippen LogP contribution in [0.1, 0.15) is 26.8 Å². The third-order valence-corrected chi connectivity index (χ3v) is 4.73. The van der Waals surface area contributed by atoms with Gasteiger partial charge in [-0.1, -0.05) is 35.6 Å². The summed E-state index contributed by atoms with van der Waals surface area (Å²) < 4.78 is 39.1. The summed E-state index contributed by atoms with van der Waals surface area (Å²) in [7, 11) is 0. The molecule has 10 heteroatoms. The number of nitrogens with zero attached hydrogens (tertiary/aromatic N) is 5. The van der Waals surface area contributed by atoms with Crippen molar-refractivity contribution in [2.45, 2.75) is 19.1 Å². The lowest BCUT2D eigenvalue weighted by Crippen LogP contribution is -2.36. The molecule has 0 spiro atoms. The molecule has 0 atom stereocenters. The average molecular weight is 353 g/mol. The SMILES string of the molecule is O=C(c1nn2c(C(F)(F)F)nnc2s1)N1CCc2ccccc2C1. The second kappa shape index (κ2) is 5.26. The van der Waals surface area contributed by atoms with E-state index in [4.69, 9.17) is 0 Å². The third kappa shape index (κ3) is 2.42. The first-order valence-corrected chi connectivity index (χ1v) is 7.90. The van der Waals surface area contributed by atoms with E-state index in [2.05, 4.69) is 15.3 Å². The Kier molecular flexibility index (Phi) is 3.30. The van der Waals surface area contributed by atoms with Crippen molar-refractivity contribution < 1.29 is 18.0 Å². The standard InChI is InChI=1S/C14H10F3N5OS/c15-14(16,17)12-18-19-13-22(12)20-10(24-13)11(23)21-6-5-8-3-1-2-4-9(8)7-21/h1-4H,5-7H2. The Labute approximate surface area is 137 Å². The number of rotatable bonds is 1. The molecular formula is C14H10F3N5OS. The number of alkyl halides is 3. The van der Waals surface area contributed by atoms with Gasteiger partial charge in [0.25, 0.3) is 11.7 Å². The van der Waals surface area contributed by atoms with E-state index in [1.165, 1.54) is 5.56 Å². The molecule has 0 N–H and O–H groups in total. The summed E-state index contributed by atoms with van der Waals surface area (Å²) in [6.07, 6.45) is -3.96. The first kappa shape index (κ1) is 15.1. The molecule has 1 amide bonds. The minimum Gasteiger partial charge on any atom is -0.332 e. The Morgan fingerprint density at radius 1 is 1.17 bits per heavy atom. The van der Waals surface area contributed by atoms with Crippen LogP contribution in [0.25, 0.3) is 4.96 Å². The molecule has 1 aromatic carbocycles. The smallest absolute Gasteiger partial charge is 0.332 e. The van der Waals surface area contributed by atoms with Crippen LogP contribution in [0.15, 0.2) is 24.3 Å².